The molecule has 0 saturated heterocycles. The molecule has 1 atom stereocenters. The van der Waals surface area contributed by atoms with E-state index in [1.54, 1.807) is 7.11 Å². The zero-order chi connectivity index (χ0) is 14.6. The zero-order valence-corrected chi connectivity index (χ0v) is 12.5. The van der Waals surface area contributed by atoms with Gasteiger partial charge in [-0.25, -0.2) is 0 Å². The Balaban J connectivity index is 2.25. The van der Waals surface area contributed by atoms with Gasteiger partial charge in [0.05, 0.1) is 7.11 Å². The molecule has 0 saturated carbocycles. The van der Waals surface area contributed by atoms with Gasteiger partial charge in [0.15, 0.2) is 0 Å². The molecule has 1 unspecified atom stereocenters. The molecule has 2 N–H and O–H groups in total. The summed E-state index contributed by atoms with van der Waals surface area (Å²) in [6.45, 7) is 4.94. The Morgan fingerprint density at radius 3 is 2.10 bits per heavy atom. The van der Waals surface area contributed by atoms with Gasteiger partial charge in [-0.2, -0.15) is 0 Å². The number of methoxy groups -OCH3 is 1. The third kappa shape index (κ3) is 3.20. The van der Waals surface area contributed by atoms with E-state index in [0.29, 0.717) is 6.54 Å². The first kappa shape index (κ1) is 14.6. The summed E-state index contributed by atoms with van der Waals surface area (Å²) < 4.78 is 5.22. The lowest BCUT2D eigenvalue weighted by Gasteiger charge is -2.29. The normalized spacial score (nSPS) is 13.8. The average molecular weight is 269 g/mol. The van der Waals surface area contributed by atoms with Crippen LogP contribution >= 0.6 is 0 Å². The second kappa shape index (κ2) is 6.10. The summed E-state index contributed by atoms with van der Waals surface area (Å²) in [5.74, 6) is 0.878. The minimum atomic E-state index is -0.0540. The van der Waals surface area contributed by atoms with Crippen LogP contribution in [0.25, 0.3) is 0 Å². The van der Waals surface area contributed by atoms with Crippen molar-refractivity contribution in [2.24, 2.45) is 5.73 Å². The molecule has 2 rings (SSSR count). The van der Waals surface area contributed by atoms with Crippen LogP contribution in [0.15, 0.2) is 48.5 Å². The van der Waals surface area contributed by atoms with Crippen molar-refractivity contribution in [2.45, 2.75) is 25.7 Å². The number of nitrogens with two attached hydrogens (primary N) is 1. The van der Waals surface area contributed by atoms with E-state index in [2.05, 4.69) is 50.2 Å². The highest BCUT2D eigenvalue weighted by Crippen LogP contribution is 2.28. The maximum absolute atomic E-state index is 6.06. The van der Waals surface area contributed by atoms with Gasteiger partial charge in [0.2, 0.25) is 0 Å². The zero-order valence-electron chi connectivity index (χ0n) is 12.5. The second-order valence-corrected chi connectivity index (χ2v) is 5.66. The molecule has 0 spiro atoms. The predicted molar refractivity (Wildman–Crippen MR) is 84.3 cm³/mol. The van der Waals surface area contributed by atoms with Crippen molar-refractivity contribution in [1.82, 2.24) is 0 Å². The van der Waals surface area contributed by atoms with Crippen LogP contribution in [0.4, 0.5) is 0 Å². The van der Waals surface area contributed by atoms with Crippen LogP contribution < -0.4 is 10.5 Å². The van der Waals surface area contributed by atoms with Crippen LogP contribution in [0.5, 0.6) is 5.75 Å². The van der Waals surface area contributed by atoms with Crippen LogP contribution in [0.2, 0.25) is 0 Å². The van der Waals surface area contributed by atoms with E-state index in [0.717, 1.165) is 12.2 Å². The number of ether oxygens (including phenoxy) is 1. The van der Waals surface area contributed by atoms with Crippen LogP contribution in [0.1, 0.15) is 23.6 Å². The molecule has 2 heteroatoms. The third-order valence-electron chi connectivity index (χ3n) is 3.95. The summed E-state index contributed by atoms with van der Waals surface area (Å²) in [7, 11) is 1.68. The highest BCUT2D eigenvalue weighted by atomic mass is 16.5. The Kier molecular flexibility index (Phi) is 4.46. The maximum Gasteiger partial charge on any atom is 0.118 e. The van der Waals surface area contributed by atoms with E-state index in [1.165, 1.54) is 16.7 Å². The molecule has 0 radical (unpaired) electrons. The lowest BCUT2D eigenvalue weighted by Crippen LogP contribution is -2.34. The van der Waals surface area contributed by atoms with Gasteiger partial charge >= 0.3 is 0 Å². The molecule has 0 aliphatic heterocycles. The average Bonchev–Trinajstić information content (AvgIpc) is 2.49. The smallest absolute Gasteiger partial charge is 0.118 e. The molecule has 2 aromatic rings. The first-order valence-electron chi connectivity index (χ1n) is 6.97. The topological polar surface area (TPSA) is 35.2 Å². The van der Waals surface area contributed by atoms with Gasteiger partial charge in [0, 0.05) is 12.0 Å². The van der Waals surface area contributed by atoms with Gasteiger partial charge in [-0.05, 0) is 36.6 Å². The van der Waals surface area contributed by atoms with Crippen molar-refractivity contribution in [1.29, 1.82) is 0 Å². The van der Waals surface area contributed by atoms with Gasteiger partial charge in [-0.15, -0.1) is 0 Å². The number of hydrogen-bond donors (Lipinski definition) is 1. The molecule has 0 heterocycles. The Morgan fingerprint density at radius 2 is 1.60 bits per heavy atom. The minimum absolute atomic E-state index is 0.0540. The lowest BCUT2D eigenvalue weighted by atomic mass is 9.77. The Labute approximate surface area is 121 Å². The predicted octanol–water partition coefficient (Wildman–Crippen LogP) is 3.46. The molecule has 106 valence electrons. The Hall–Kier alpha value is -1.80. The summed E-state index contributed by atoms with van der Waals surface area (Å²) in [6, 6.07) is 16.9. The van der Waals surface area contributed by atoms with Crippen LogP contribution in [0.3, 0.4) is 0 Å². The van der Waals surface area contributed by atoms with E-state index < -0.39 is 0 Å². The van der Waals surface area contributed by atoms with Crippen molar-refractivity contribution >= 4 is 0 Å². The summed E-state index contributed by atoms with van der Waals surface area (Å²) in [6.07, 6.45) is 0.941. The van der Waals surface area contributed by atoms with Crippen molar-refractivity contribution in [3.05, 3.63) is 65.2 Å². The first-order chi connectivity index (χ1) is 9.57. The van der Waals surface area contributed by atoms with Crippen LogP contribution in [0, 0.1) is 6.92 Å². The van der Waals surface area contributed by atoms with E-state index in [1.807, 2.05) is 12.1 Å². The fourth-order valence-electron chi connectivity index (χ4n) is 2.44. The van der Waals surface area contributed by atoms with E-state index >= 15 is 0 Å². The van der Waals surface area contributed by atoms with Crippen molar-refractivity contribution in [2.75, 3.05) is 13.7 Å². The largest absolute Gasteiger partial charge is 0.497 e. The molecule has 0 fully saturated rings. The fourth-order valence-corrected chi connectivity index (χ4v) is 2.44. The number of hydrogen-bond acceptors (Lipinski definition) is 2. The van der Waals surface area contributed by atoms with E-state index in [-0.39, 0.29) is 5.41 Å². The minimum Gasteiger partial charge on any atom is -0.497 e. The highest BCUT2D eigenvalue weighted by molar-refractivity contribution is 5.34. The van der Waals surface area contributed by atoms with Gasteiger partial charge in [-0.1, -0.05) is 48.9 Å². The molecule has 0 aliphatic rings. The van der Waals surface area contributed by atoms with Crippen LogP contribution in [-0.4, -0.2) is 13.7 Å². The van der Waals surface area contributed by atoms with Crippen molar-refractivity contribution in [3.63, 3.8) is 0 Å². The SMILES string of the molecule is COc1ccc(C(C)(CN)Cc2ccc(C)cc2)cc1. The number of rotatable bonds is 5. The van der Waals surface area contributed by atoms with Crippen molar-refractivity contribution < 1.29 is 4.74 Å². The Morgan fingerprint density at radius 1 is 1.00 bits per heavy atom. The molecular formula is C18H23NO. The highest BCUT2D eigenvalue weighted by Gasteiger charge is 2.25. The second-order valence-electron chi connectivity index (χ2n) is 5.66. The van der Waals surface area contributed by atoms with Gasteiger partial charge < -0.3 is 10.5 Å². The standard InChI is InChI=1S/C18H23NO/c1-14-4-6-15(7-5-14)12-18(2,13-19)16-8-10-17(20-3)11-9-16/h4-11H,12-13,19H2,1-3H3. The molecule has 0 bridgehead atoms. The van der Waals surface area contributed by atoms with Gasteiger partial charge in [0.25, 0.3) is 0 Å². The van der Waals surface area contributed by atoms with Crippen molar-refractivity contribution in [3.8, 4) is 5.75 Å². The summed E-state index contributed by atoms with van der Waals surface area (Å²) >= 11 is 0. The number of aryl methyl sites for hydroxylation is 1. The molecular weight excluding hydrogens is 246 g/mol. The van der Waals surface area contributed by atoms with Gasteiger partial charge in [0.1, 0.15) is 5.75 Å². The maximum atomic E-state index is 6.06. The Bertz CT molecular complexity index is 545. The molecule has 2 aromatic carbocycles. The quantitative estimate of drug-likeness (QED) is 0.902. The molecule has 0 aromatic heterocycles. The summed E-state index contributed by atoms with van der Waals surface area (Å²) in [5, 5.41) is 0. The van der Waals surface area contributed by atoms with Crippen LogP contribution in [-0.2, 0) is 11.8 Å². The molecule has 0 aliphatic carbocycles. The fraction of sp³-hybridized carbons (Fsp3) is 0.333. The third-order valence-corrected chi connectivity index (χ3v) is 3.95. The monoisotopic (exact) mass is 269 g/mol. The number of benzene rings is 2. The lowest BCUT2D eigenvalue weighted by molar-refractivity contribution is 0.413. The first-order valence-corrected chi connectivity index (χ1v) is 6.97. The van der Waals surface area contributed by atoms with E-state index in [4.69, 9.17) is 10.5 Å². The molecule has 0 amide bonds. The summed E-state index contributed by atoms with van der Waals surface area (Å²) in [5.41, 5.74) is 9.86. The van der Waals surface area contributed by atoms with E-state index in [9.17, 15) is 0 Å². The summed E-state index contributed by atoms with van der Waals surface area (Å²) in [4.78, 5) is 0. The molecule has 2 nitrogen and oxygen atoms in total. The molecule has 20 heavy (non-hydrogen) atoms. The van der Waals surface area contributed by atoms with Gasteiger partial charge in [-0.3, -0.25) is 0 Å².